The van der Waals surface area contributed by atoms with E-state index in [9.17, 15) is 0 Å². The summed E-state index contributed by atoms with van der Waals surface area (Å²) in [6.07, 6.45) is 6.75. The van der Waals surface area contributed by atoms with Crippen LogP contribution in [0.2, 0.25) is 0 Å². The van der Waals surface area contributed by atoms with Crippen LogP contribution >= 0.6 is 0 Å². The van der Waals surface area contributed by atoms with Gasteiger partial charge in [0, 0.05) is 37.8 Å². The summed E-state index contributed by atoms with van der Waals surface area (Å²) in [5.41, 5.74) is 7.06. The number of nitrogens with zero attached hydrogens (tertiary/aromatic N) is 2. The van der Waals surface area contributed by atoms with Crippen molar-refractivity contribution in [2.24, 2.45) is 17.1 Å². The first kappa shape index (κ1) is 14.8. The number of hydrogen-bond acceptors (Lipinski definition) is 3. The van der Waals surface area contributed by atoms with Crippen molar-refractivity contribution in [1.29, 1.82) is 0 Å². The molecule has 116 valence electrons. The van der Waals surface area contributed by atoms with Crippen molar-refractivity contribution >= 4 is 0 Å². The molecule has 3 heteroatoms. The summed E-state index contributed by atoms with van der Waals surface area (Å²) >= 11 is 0. The minimum atomic E-state index is 0.274. The second-order valence-corrected chi connectivity index (χ2v) is 8.56. The Labute approximate surface area is 124 Å². The van der Waals surface area contributed by atoms with Crippen LogP contribution in [0.1, 0.15) is 52.9 Å². The normalized spacial score (nSPS) is 42.6. The van der Waals surface area contributed by atoms with E-state index >= 15 is 0 Å². The summed E-state index contributed by atoms with van der Waals surface area (Å²) in [6, 6.07) is 0.813. The Morgan fingerprint density at radius 1 is 1.15 bits per heavy atom. The van der Waals surface area contributed by atoms with Crippen LogP contribution in [-0.4, -0.2) is 54.1 Å². The molecule has 3 fully saturated rings. The molecular weight excluding hydrogens is 246 g/mol. The Kier molecular flexibility index (Phi) is 3.89. The van der Waals surface area contributed by atoms with Crippen LogP contribution in [0.5, 0.6) is 0 Å². The van der Waals surface area contributed by atoms with E-state index in [0.717, 1.165) is 18.5 Å². The van der Waals surface area contributed by atoms with Crippen LogP contribution in [0.4, 0.5) is 0 Å². The van der Waals surface area contributed by atoms with E-state index in [0.29, 0.717) is 5.41 Å². The number of hydrogen-bond donors (Lipinski definition) is 1. The molecule has 3 unspecified atom stereocenters. The molecule has 0 aromatic heterocycles. The van der Waals surface area contributed by atoms with Gasteiger partial charge in [0.1, 0.15) is 0 Å². The predicted molar refractivity (Wildman–Crippen MR) is 84.7 cm³/mol. The smallest absolute Gasteiger partial charge is 0.0340 e. The average Bonchev–Trinajstić information content (AvgIpc) is 2.83. The summed E-state index contributed by atoms with van der Waals surface area (Å²) in [7, 11) is 0. The van der Waals surface area contributed by atoms with Crippen LogP contribution in [0.15, 0.2) is 0 Å². The quantitative estimate of drug-likeness (QED) is 0.842. The zero-order valence-electron chi connectivity index (χ0n) is 13.7. The van der Waals surface area contributed by atoms with Crippen molar-refractivity contribution in [3.8, 4) is 0 Å². The molecule has 1 saturated carbocycles. The molecule has 0 spiro atoms. The first-order valence-electron chi connectivity index (χ1n) is 8.63. The van der Waals surface area contributed by atoms with E-state index in [4.69, 9.17) is 5.73 Å². The molecule has 0 amide bonds. The Morgan fingerprint density at radius 3 is 2.65 bits per heavy atom. The largest absolute Gasteiger partial charge is 0.329 e. The van der Waals surface area contributed by atoms with Crippen LogP contribution in [0, 0.1) is 11.3 Å². The minimum Gasteiger partial charge on any atom is -0.329 e. The van der Waals surface area contributed by atoms with Gasteiger partial charge in [-0.1, -0.05) is 20.8 Å². The molecule has 2 saturated heterocycles. The molecule has 3 rings (SSSR count). The van der Waals surface area contributed by atoms with Gasteiger partial charge in [-0.3, -0.25) is 9.80 Å². The molecule has 2 aliphatic heterocycles. The number of fused-ring (bicyclic) bond motifs is 1. The van der Waals surface area contributed by atoms with Crippen molar-refractivity contribution in [2.75, 3.05) is 32.7 Å². The third-order valence-corrected chi connectivity index (χ3v) is 6.08. The summed E-state index contributed by atoms with van der Waals surface area (Å²) in [5, 5.41) is 0. The van der Waals surface area contributed by atoms with Crippen LogP contribution in [0.25, 0.3) is 0 Å². The van der Waals surface area contributed by atoms with Crippen molar-refractivity contribution < 1.29 is 0 Å². The second kappa shape index (κ2) is 5.26. The zero-order valence-corrected chi connectivity index (χ0v) is 13.7. The molecule has 0 aromatic carbocycles. The molecule has 3 atom stereocenters. The summed E-state index contributed by atoms with van der Waals surface area (Å²) < 4.78 is 0. The molecule has 3 aliphatic rings. The molecule has 1 aliphatic carbocycles. The monoisotopic (exact) mass is 279 g/mol. The summed E-state index contributed by atoms with van der Waals surface area (Å²) in [5.74, 6) is 0.809. The number of rotatable bonds is 2. The Balaban J connectivity index is 1.78. The highest BCUT2D eigenvalue weighted by molar-refractivity contribution is 5.04. The van der Waals surface area contributed by atoms with Crippen LogP contribution in [-0.2, 0) is 0 Å². The summed E-state index contributed by atoms with van der Waals surface area (Å²) in [6.45, 7) is 13.2. The Bertz CT molecular complexity index is 354. The lowest BCUT2D eigenvalue weighted by Gasteiger charge is -2.55. The molecule has 0 aromatic rings. The minimum absolute atomic E-state index is 0.274. The van der Waals surface area contributed by atoms with Gasteiger partial charge in [0.2, 0.25) is 0 Å². The molecule has 0 radical (unpaired) electrons. The Morgan fingerprint density at radius 2 is 1.95 bits per heavy atom. The van der Waals surface area contributed by atoms with E-state index in [1.807, 2.05) is 0 Å². The third kappa shape index (κ3) is 2.65. The SMILES string of the molecule is CC1CC(C)(C)CC(CN)(N2CCN3CCCC3C2)C1. The predicted octanol–water partition coefficient (Wildman–Crippen LogP) is 2.31. The first-order valence-corrected chi connectivity index (χ1v) is 8.63. The van der Waals surface area contributed by atoms with Gasteiger partial charge < -0.3 is 5.73 Å². The highest BCUT2D eigenvalue weighted by Crippen LogP contribution is 2.46. The molecular formula is C17H33N3. The first-order chi connectivity index (χ1) is 9.44. The lowest BCUT2D eigenvalue weighted by atomic mass is 9.63. The van der Waals surface area contributed by atoms with Gasteiger partial charge in [-0.05, 0) is 50.0 Å². The maximum absolute atomic E-state index is 6.33. The second-order valence-electron chi connectivity index (χ2n) is 8.56. The molecule has 3 nitrogen and oxygen atoms in total. The van der Waals surface area contributed by atoms with E-state index in [-0.39, 0.29) is 5.54 Å². The molecule has 0 bridgehead atoms. The van der Waals surface area contributed by atoms with E-state index < -0.39 is 0 Å². The van der Waals surface area contributed by atoms with E-state index in [1.165, 1.54) is 58.3 Å². The van der Waals surface area contributed by atoms with Crippen molar-refractivity contribution in [2.45, 2.75) is 64.5 Å². The lowest BCUT2D eigenvalue weighted by molar-refractivity contribution is -0.0450. The highest BCUT2D eigenvalue weighted by atomic mass is 15.3. The Hall–Kier alpha value is -0.120. The summed E-state index contributed by atoms with van der Waals surface area (Å²) in [4.78, 5) is 5.50. The maximum Gasteiger partial charge on any atom is 0.0340 e. The van der Waals surface area contributed by atoms with Gasteiger partial charge >= 0.3 is 0 Å². The fraction of sp³-hybridized carbons (Fsp3) is 1.00. The van der Waals surface area contributed by atoms with Gasteiger partial charge in [0.15, 0.2) is 0 Å². The van der Waals surface area contributed by atoms with Crippen LogP contribution < -0.4 is 5.73 Å². The van der Waals surface area contributed by atoms with Gasteiger partial charge in [0.05, 0.1) is 0 Å². The standard InChI is InChI=1S/C17H33N3/c1-14-9-16(2,3)12-17(10-14,13-18)20-8-7-19-6-4-5-15(19)11-20/h14-15H,4-13,18H2,1-3H3. The van der Waals surface area contributed by atoms with Gasteiger partial charge in [-0.2, -0.15) is 0 Å². The average molecular weight is 279 g/mol. The van der Waals surface area contributed by atoms with Gasteiger partial charge in [0.25, 0.3) is 0 Å². The van der Waals surface area contributed by atoms with Crippen molar-refractivity contribution in [3.05, 3.63) is 0 Å². The van der Waals surface area contributed by atoms with Crippen molar-refractivity contribution in [1.82, 2.24) is 9.80 Å². The van der Waals surface area contributed by atoms with E-state index in [2.05, 4.69) is 30.6 Å². The topological polar surface area (TPSA) is 32.5 Å². The maximum atomic E-state index is 6.33. The molecule has 2 N–H and O–H groups in total. The highest BCUT2D eigenvalue weighted by Gasteiger charge is 2.47. The fourth-order valence-electron chi connectivity index (χ4n) is 5.65. The fourth-order valence-corrected chi connectivity index (χ4v) is 5.65. The van der Waals surface area contributed by atoms with Crippen molar-refractivity contribution in [3.63, 3.8) is 0 Å². The lowest BCUT2D eigenvalue weighted by Crippen LogP contribution is -2.64. The molecule has 20 heavy (non-hydrogen) atoms. The van der Waals surface area contributed by atoms with Gasteiger partial charge in [-0.15, -0.1) is 0 Å². The number of nitrogens with two attached hydrogens (primary N) is 1. The van der Waals surface area contributed by atoms with E-state index in [1.54, 1.807) is 0 Å². The van der Waals surface area contributed by atoms with Crippen LogP contribution in [0.3, 0.4) is 0 Å². The molecule has 2 heterocycles. The zero-order chi connectivity index (χ0) is 14.4. The van der Waals surface area contributed by atoms with Gasteiger partial charge in [-0.25, -0.2) is 0 Å². The number of piperazine rings is 1. The third-order valence-electron chi connectivity index (χ3n) is 6.08.